The molecule has 1 saturated heterocycles. The van der Waals surface area contributed by atoms with Crippen LogP contribution in [0, 0.1) is 0 Å². The summed E-state index contributed by atoms with van der Waals surface area (Å²) in [4.78, 5) is 16.9. The van der Waals surface area contributed by atoms with Crippen LogP contribution < -0.4 is 4.90 Å². The lowest BCUT2D eigenvalue weighted by Crippen LogP contribution is -2.42. The van der Waals surface area contributed by atoms with E-state index in [-0.39, 0.29) is 6.54 Å². The zero-order chi connectivity index (χ0) is 17.2. The summed E-state index contributed by atoms with van der Waals surface area (Å²) in [6.45, 7) is -0.488. The number of anilines is 1. The highest BCUT2D eigenvalue weighted by Gasteiger charge is 2.40. The number of carbonyl (C=O) groups excluding carboxylic acids is 1. The molecule has 1 fully saturated rings. The van der Waals surface area contributed by atoms with Gasteiger partial charge in [-0.15, -0.1) is 0 Å². The fourth-order valence-corrected chi connectivity index (χ4v) is 2.96. The molecule has 0 unspecified atom stereocenters. The molecule has 2 rings (SSSR count). The Morgan fingerprint density at radius 3 is 2.48 bits per heavy atom. The van der Waals surface area contributed by atoms with Gasteiger partial charge in [-0.1, -0.05) is 18.2 Å². The second-order valence-corrected chi connectivity index (χ2v) is 6.12. The van der Waals surface area contributed by atoms with Crippen molar-refractivity contribution in [3.63, 3.8) is 0 Å². The van der Waals surface area contributed by atoms with Crippen molar-refractivity contribution in [2.45, 2.75) is 25.2 Å². The van der Waals surface area contributed by atoms with Crippen LogP contribution in [0.25, 0.3) is 0 Å². The standard InChI is InChI=1S/C16H22F3N3O/c1-20(2)13-7-5-4-6-12(13)10-21(3)14-8-9-22(15(14)23)11-16(17,18)19/h4-7,14H,8-11H2,1-3H3/t14-/m0/s1. The van der Waals surface area contributed by atoms with E-state index in [1.54, 1.807) is 7.05 Å². The number of likely N-dealkylation sites (N-methyl/N-ethyl adjacent to an activating group) is 1. The summed E-state index contributed by atoms with van der Waals surface area (Å²) in [5.41, 5.74) is 2.08. The number of amides is 1. The molecule has 1 atom stereocenters. The maximum Gasteiger partial charge on any atom is 0.406 e. The third-order valence-electron chi connectivity index (χ3n) is 4.06. The van der Waals surface area contributed by atoms with Crippen LogP contribution in [0.5, 0.6) is 0 Å². The lowest BCUT2D eigenvalue weighted by molar-refractivity contribution is -0.159. The van der Waals surface area contributed by atoms with Gasteiger partial charge in [-0.3, -0.25) is 9.69 Å². The molecule has 128 valence electrons. The second kappa shape index (κ2) is 6.78. The molecule has 1 heterocycles. The zero-order valence-corrected chi connectivity index (χ0v) is 13.6. The van der Waals surface area contributed by atoms with Gasteiger partial charge in [-0.2, -0.15) is 13.2 Å². The van der Waals surface area contributed by atoms with Gasteiger partial charge in [0.1, 0.15) is 6.54 Å². The highest BCUT2D eigenvalue weighted by atomic mass is 19.4. The first-order valence-electron chi connectivity index (χ1n) is 7.50. The maximum atomic E-state index is 12.5. The number of para-hydroxylation sites is 1. The van der Waals surface area contributed by atoms with E-state index in [0.29, 0.717) is 13.0 Å². The Morgan fingerprint density at radius 1 is 1.22 bits per heavy atom. The molecular formula is C16H22F3N3O. The third-order valence-corrected chi connectivity index (χ3v) is 4.06. The number of nitrogens with zero attached hydrogens (tertiary/aromatic N) is 3. The quantitative estimate of drug-likeness (QED) is 0.830. The van der Waals surface area contributed by atoms with E-state index in [2.05, 4.69) is 0 Å². The van der Waals surface area contributed by atoms with Gasteiger partial charge < -0.3 is 9.80 Å². The molecule has 0 saturated carbocycles. The van der Waals surface area contributed by atoms with E-state index >= 15 is 0 Å². The minimum absolute atomic E-state index is 0.155. The monoisotopic (exact) mass is 329 g/mol. The van der Waals surface area contributed by atoms with Crippen molar-refractivity contribution < 1.29 is 18.0 Å². The average molecular weight is 329 g/mol. The van der Waals surface area contributed by atoms with Crippen molar-refractivity contribution >= 4 is 11.6 Å². The van der Waals surface area contributed by atoms with Crippen LogP contribution >= 0.6 is 0 Å². The molecule has 1 aromatic carbocycles. The predicted octanol–water partition coefficient (Wildman–Crippen LogP) is 2.35. The Morgan fingerprint density at radius 2 is 1.87 bits per heavy atom. The number of halogens is 3. The molecule has 1 aliphatic rings. The molecule has 23 heavy (non-hydrogen) atoms. The number of hydrogen-bond acceptors (Lipinski definition) is 3. The first kappa shape index (κ1) is 17.6. The van der Waals surface area contributed by atoms with E-state index < -0.39 is 24.7 Å². The summed E-state index contributed by atoms with van der Waals surface area (Å²) in [5.74, 6) is -0.438. The van der Waals surface area contributed by atoms with E-state index in [1.807, 2.05) is 48.2 Å². The van der Waals surface area contributed by atoms with Gasteiger partial charge in [0.2, 0.25) is 5.91 Å². The highest BCUT2D eigenvalue weighted by Crippen LogP contribution is 2.25. The maximum absolute atomic E-state index is 12.5. The van der Waals surface area contributed by atoms with Gasteiger partial charge in [-0.05, 0) is 25.1 Å². The Bertz CT molecular complexity index is 560. The molecule has 0 radical (unpaired) electrons. The lowest BCUT2D eigenvalue weighted by atomic mass is 10.1. The topological polar surface area (TPSA) is 26.8 Å². The molecule has 0 N–H and O–H groups in total. The van der Waals surface area contributed by atoms with Crippen LogP contribution in [-0.4, -0.2) is 62.2 Å². The van der Waals surface area contributed by atoms with Gasteiger partial charge in [0, 0.05) is 32.9 Å². The molecular weight excluding hydrogens is 307 g/mol. The van der Waals surface area contributed by atoms with E-state index in [9.17, 15) is 18.0 Å². The Labute approximate surface area is 134 Å². The Kier molecular flexibility index (Phi) is 5.19. The number of carbonyl (C=O) groups is 1. The number of rotatable bonds is 5. The summed E-state index contributed by atoms with van der Waals surface area (Å²) in [6, 6.07) is 7.31. The number of hydrogen-bond donors (Lipinski definition) is 0. The van der Waals surface area contributed by atoms with Crippen LogP contribution in [0.4, 0.5) is 18.9 Å². The normalized spacial score (nSPS) is 18.8. The van der Waals surface area contributed by atoms with Crippen molar-refractivity contribution in [1.29, 1.82) is 0 Å². The summed E-state index contributed by atoms with van der Waals surface area (Å²) in [7, 11) is 5.65. The average Bonchev–Trinajstić information content (AvgIpc) is 2.78. The smallest absolute Gasteiger partial charge is 0.377 e. The van der Waals surface area contributed by atoms with Crippen molar-refractivity contribution in [3.8, 4) is 0 Å². The van der Waals surface area contributed by atoms with Crippen LogP contribution in [0.3, 0.4) is 0 Å². The zero-order valence-electron chi connectivity index (χ0n) is 13.6. The summed E-state index contributed by atoms with van der Waals surface area (Å²) in [5, 5.41) is 0. The molecule has 0 bridgehead atoms. The molecule has 7 heteroatoms. The van der Waals surface area contributed by atoms with Gasteiger partial charge in [0.25, 0.3) is 0 Å². The number of benzene rings is 1. The van der Waals surface area contributed by atoms with Crippen LogP contribution in [0.1, 0.15) is 12.0 Å². The molecule has 1 aromatic rings. The van der Waals surface area contributed by atoms with Gasteiger partial charge in [0.05, 0.1) is 6.04 Å². The van der Waals surface area contributed by atoms with E-state index in [4.69, 9.17) is 0 Å². The van der Waals surface area contributed by atoms with Crippen LogP contribution in [0.2, 0.25) is 0 Å². The lowest BCUT2D eigenvalue weighted by Gasteiger charge is -2.26. The molecule has 4 nitrogen and oxygen atoms in total. The van der Waals surface area contributed by atoms with Crippen molar-refractivity contribution in [1.82, 2.24) is 9.80 Å². The highest BCUT2D eigenvalue weighted by molar-refractivity contribution is 5.84. The largest absolute Gasteiger partial charge is 0.406 e. The predicted molar refractivity (Wildman–Crippen MR) is 83.3 cm³/mol. The van der Waals surface area contributed by atoms with E-state index in [0.717, 1.165) is 16.2 Å². The first-order chi connectivity index (χ1) is 10.7. The number of alkyl halides is 3. The van der Waals surface area contributed by atoms with Crippen LogP contribution in [-0.2, 0) is 11.3 Å². The number of likely N-dealkylation sites (tertiary alicyclic amines) is 1. The fourth-order valence-electron chi connectivity index (χ4n) is 2.96. The van der Waals surface area contributed by atoms with Crippen molar-refractivity contribution in [2.75, 3.05) is 39.1 Å². The summed E-state index contributed by atoms with van der Waals surface area (Å²) < 4.78 is 37.5. The van der Waals surface area contributed by atoms with Crippen LogP contribution in [0.15, 0.2) is 24.3 Å². The third kappa shape index (κ3) is 4.37. The molecule has 0 spiro atoms. The summed E-state index contributed by atoms with van der Waals surface area (Å²) in [6.07, 6.45) is -3.92. The van der Waals surface area contributed by atoms with E-state index in [1.165, 1.54) is 0 Å². The summed E-state index contributed by atoms with van der Waals surface area (Å²) >= 11 is 0. The molecule has 0 aliphatic carbocycles. The molecule has 0 aromatic heterocycles. The Balaban J connectivity index is 2.05. The van der Waals surface area contributed by atoms with Crippen molar-refractivity contribution in [3.05, 3.63) is 29.8 Å². The molecule has 1 aliphatic heterocycles. The van der Waals surface area contributed by atoms with Gasteiger partial charge in [-0.25, -0.2) is 0 Å². The minimum Gasteiger partial charge on any atom is -0.377 e. The fraction of sp³-hybridized carbons (Fsp3) is 0.562. The van der Waals surface area contributed by atoms with Crippen molar-refractivity contribution in [2.24, 2.45) is 0 Å². The second-order valence-electron chi connectivity index (χ2n) is 6.12. The molecule has 1 amide bonds. The SMILES string of the molecule is CN(C)c1ccccc1CN(C)[C@H]1CCN(CC(F)(F)F)C1=O. The first-order valence-corrected chi connectivity index (χ1v) is 7.50. The van der Waals surface area contributed by atoms with Gasteiger partial charge in [0.15, 0.2) is 0 Å². The minimum atomic E-state index is -4.35. The van der Waals surface area contributed by atoms with Gasteiger partial charge >= 0.3 is 6.18 Å². The Hall–Kier alpha value is -1.76.